The third-order valence-electron chi connectivity index (χ3n) is 4.45. The van der Waals surface area contributed by atoms with Gasteiger partial charge in [-0.3, -0.25) is 9.59 Å². The van der Waals surface area contributed by atoms with Gasteiger partial charge in [0.15, 0.2) is 5.13 Å². The van der Waals surface area contributed by atoms with Gasteiger partial charge in [0.25, 0.3) is 0 Å². The minimum Gasteiger partial charge on any atom is -0.326 e. The molecule has 0 atom stereocenters. The number of nitrogens with one attached hydrogen (secondary N) is 2. The molecule has 3 rings (SSSR count). The monoisotopic (exact) mass is 357 g/mol. The van der Waals surface area contributed by atoms with Crippen LogP contribution in [0.1, 0.15) is 45.4 Å². The van der Waals surface area contributed by atoms with E-state index in [1.54, 1.807) is 0 Å². The Bertz CT molecular complexity index is 733. The van der Waals surface area contributed by atoms with Gasteiger partial charge in [-0.2, -0.15) is 0 Å². The smallest absolute Gasteiger partial charge is 0.226 e. The Morgan fingerprint density at radius 1 is 1.12 bits per heavy atom. The molecule has 0 radical (unpaired) electrons. The molecule has 1 aromatic carbocycles. The van der Waals surface area contributed by atoms with Crippen molar-refractivity contribution in [2.45, 2.75) is 45.4 Å². The van der Waals surface area contributed by atoms with E-state index in [1.807, 2.05) is 29.6 Å². The van der Waals surface area contributed by atoms with Crippen molar-refractivity contribution in [3.63, 3.8) is 0 Å². The Hall–Kier alpha value is -2.21. The summed E-state index contributed by atoms with van der Waals surface area (Å²) in [6, 6.07) is 7.51. The minimum atomic E-state index is -0.0932. The van der Waals surface area contributed by atoms with Crippen LogP contribution >= 0.6 is 11.3 Å². The van der Waals surface area contributed by atoms with Gasteiger partial charge in [-0.05, 0) is 30.9 Å². The maximum Gasteiger partial charge on any atom is 0.226 e. The third kappa shape index (κ3) is 5.13. The van der Waals surface area contributed by atoms with Crippen LogP contribution in [0.3, 0.4) is 0 Å². The van der Waals surface area contributed by atoms with Gasteiger partial charge in [0.1, 0.15) is 0 Å². The number of hydrogen-bond acceptors (Lipinski definition) is 4. The Morgan fingerprint density at radius 2 is 1.84 bits per heavy atom. The highest BCUT2D eigenvalue weighted by molar-refractivity contribution is 7.14. The lowest BCUT2D eigenvalue weighted by molar-refractivity contribution is -0.117. The van der Waals surface area contributed by atoms with Crippen molar-refractivity contribution < 1.29 is 9.59 Å². The van der Waals surface area contributed by atoms with E-state index in [0.717, 1.165) is 29.8 Å². The van der Waals surface area contributed by atoms with Crippen molar-refractivity contribution in [3.05, 3.63) is 29.6 Å². The Morgan fingerprint density at radius 3 is 2.52 bits per heavy atom. The third-order valence-corrected chi connectivity index (χ3v) is 5.21. The van der Waals surface area contributed by atoms with Crippen LogP contribution < -0.4 is 10.6 Å². The molecule has 1 heterocycles. The normalized spacial score (nSPS) is 14.9. The summed E-state index contributed by atoms with van der Waals surface area (Å²) in [7, 11) is 0. The second kappa shape index (κ2) is 8.25. The molecule has 1 aromatic heterocycles. The standard InChI is InChI=1S/C19H23N3O2S/c1-13(23)20-16-9-7-15(8-10-16)17-12-25-19(21-17)22-18(24)11-14-5-3-2-4-6-14/h7-10,12,14H,2-6,11H2,1H3,(H,20,23)(H,21,22,24). The molecule has 1 aliphatic rings. The van der Waals surface area contributed by atoms with Gasteiger partial charge < -0.3 is 10.6 Å². The summed E-state index contributed by atoms with van der Waals surface area (Å²) in [6.07, 6.45) is 6.71. The minimum absolute atomic E-state index is 0.0637. The number of rotatable bonds is 5. The summed E-state index contributed by atoms with van der Waals surface area (Å²) < 4.78 is 0. The molecule has 0 aliphatic heterocycles. The summed E-state index contributed by atoms with van der Waals surface area (Å²) >= 11 is 1.44. The molecule has 1 saturated carbocycles. The van der Waals surface area contributed by atoms with Crippen molar-refractivity contribution >= 4 is 34.0 Å². The number of carbonyl (C=O) groups is 2. The van der Waals surface area contributed by atoms with Gasteiger partial charge in [-0.25, -0.2) is 4.98 Å². The van der Waals surface area contributed by atoms with Gasteiger partial charge in [-0.1, -0.05) is 31.4 Å². The number of thiazole rings is 1. The van der Waals surface area contributed by atoms with Crippen LogP contribution in [-0.4, -0.2) is 16.8 Å². The zero-order valence-electron chi connectivity index (χ0n) is 14.4. The zero-order valence-corrected chi connectivity index (χ0v) is 15.2. The molecule has 0 unspecified atom stereocenters. The second-order valence-electron chi connectivity index (χ2n) is 6.55. The first-order valence-corrected chi connectivity index (χ1v) is 9.61. The van der Waals surface area contributed by atoms with Gasteiger partial charge in [-0.15, -0.1) is 11.3 Å². The highest BCUT2D eigenvalue weighted by Gasteiger charge is 2.17. The Labute approximate surface area is 151 Å². The van der Waals surface area contributed by atoms with Crippen molar-refractivity contribution in [1.82, 2.24) is 4.98 Å². The Kier molecular flexibility index (Phi) is 5.81. The van der Waals surface area contributed by atoms with Crippen LogP contribution in [0.2, 0.25) is 0 Å². The van der Waals surface area contributed by atoms with E-state index < -0.39 is 0 Å². The SMILES string of the molecule is CC(=O)Nc1ccc(-c2csc(NC(=O)CC3CCCCC3)n2)cc1. The van der Waals surface area contributed by atoms with Gasteiger partial charge in [0, 0.05) is 30.0 Å². The highest BCUT2D eigenvalue weighted by atomic mass is 32.1. The van der Waals surface area contributed by atoms with E-state index in [1.165, 1.54) is 37.5 Å². The zero-order chi connectivity index (χ0) is 17.6. The van der Waals surface area contributed by atoms with Gasteiger partial charge in [0.2, 0.25) is 11.8 Å². The predicted octanol–water partition coefficient (Wildman–Crippen LogP) is 4.68. The first kappa shape index (κ1) is 17.6. The van der Waals surface area contributed by atoms with Crippen molar-refractivity contribution in [1.29, 1.82) is 0 Å². The fraction of sp³-hybridized carbons (Fsp3) is 0.421. The van der Waals surface area contributed by atoms with Crippen molar-refractivity contribution in [3.8, 4) is 11.3 Å². The number of nitrogens with zero attached hydrogens (tertiary/aromatic N) is 1. The van der Waals surface area contributed by atoms with E-state index >= 15 is 0 Å². The number of anilines is 2. The van der Waals surface area contributed by atoms with Crippen LogP contribution in [-0.2, 0) is 9.59 Å². The number of carbonyl (C=O) groups excluding carboxylic acids is 2. The quantitative estimate of drug-likeness (QED) is 0.816. The topological polar surface area (TPSA) is 71.1 Å². The first-order valence-electron chi connectivity index (χ1n) is 8.73. The summed E-state index contributed by atoms with van der Waals surface area (Å²) in [5, 5.41) is 8.24. The lowest BCUT2D eigenvalue weighted by Gasteiger charge is -2.20. The Balaban J connectivity index is 1.58. The average molecular weight is 357 g/mol. The average Bonchev–Trinajstić information content (AvgIpc) is 3.04. The molecule has 132 valence electrons. The number of benzene rings is 1. The van der Waals surface area contributed by atoms with Crippen LogP contribution in [0.15, 0.2) is 29.6 Å². The predicted molar refractivity (Wildman–Crippen MR) is 102 cm³/mol. The fourth-order valence-corrected chi connectivity index (χ4v) is 3.95. The molecule has 0 spiro atoms. The summed E-state index contributed by atoms with van der Waals surface area (Å²) in [5.41, 5.74) is 2.54. The molecule has 25 heavy (non-hydrogen) atoms. The van der Waals surface area contributed by atoms with E-state index in [2.05, 4.69) is 15.6 Å². The molecule has 1 fully saturated rings. The second-order valence-corrected chi connectivity index (χ2v) is 7.41. The van der Waals surface area contributed by atoms with E-state index in [9.17, 15) is 9.59 Å². The van der Waals surface area contributed by atoms with Gasteiger partial charge >= 0.3 is 0 Å². The molecule has 2 amide bonds. The molecule has 6 heteroatoms. The molecule has 5 nitrogen and oxygen atoms in total. The molecule has 0 bridgehead atoms. The summed E-state index contributed by atoms with van der Waals surface area (Å²) in [6.45, 7) is 1.48. The molecular formula is C19H23N3O2S. The summed E-state index contributed by atoms with van der Waals surface area (Å²) in [4.78, 5) is 27.7. The van der Waals surface area contributed by atoms with E-state index in [-0.39, 0.29) is 11.8 Å². The maximum atomic E-state index is 12.2. The molecule has 2 N–H and O–H groups in total. The molecule has 1 aliphatic carbocycles. The lowest BCUT2D eigenvalue weighted by Crippen LogP contribution is -2.18. The molecule has 0 saturated heterocycles. The largest absolute Gasteiger partial charge is 0.326 e. The molecular weight excluding hydrogens is 334 g/mol. The van der Waals surface area contributed by atoms with Crippen LogP contribution in [0, 0.1) is 5.92 Å². The lowest BCUT2D eigenvalue weighted by atomic mass is 9.87. The number of amides is 2. The highest BCUT2D eigenvalue weighted by Crippen LogP contribution is 2.28. The maximum absolute atomic E-state index is 12.2. The number of hydrogen-bond donors (Lipinski definition) is 2. The molecule has 2 aromatic rings. The first-order chi connectivity index (χ1) is 12.1. The van der Waals surface area contributed by atoms with Crippen LogP contribution in [0.5, 0.6) is 0 Å². The van der Waals surface area contributed by atoms with E-state index in [0.29, 0.717) is 17.5 Å². The van der Waals surface area contributed by atoms with Crippen molar-refractivity contribution in [2.75, 3.05) is 10.6 Å². The van der Waals surface area contributed by atoms with E-state index in [4.69, 9.17) is 0 Å². The summed E-state index contributed by atoms with van der Waals surface area (Å²) in [5.74, 6) is 0.493. The van der Waals surface area contributed by atoms with Crippen LogP contribution in [0.25, 0.3) is 11.3 Å². The number of aromatic nitrogens is 1. The fourth-order valence-electron chi connectivity index (χ4n) is 3.22. The van der Waals surface area contributed by atoms with Crippen molar-refractivity contribution in [2.24, 2.45) is 5.92 Å². The van der Waals surface area contributed by atoms with Gasteiger partial charge in [0.05, 0.1) is 5.69 Å². The van der Waals surface area contributed by atoms with Crippen LogP contribution in [0.4, 0.5) is 10.8 Å².